The summed E-state index contributed by atoms with van der Waals surface area (Å²) in [5.74, 6) is 0.182. The first-order valence-corrected chi connectivity index (χ1v) is 11.9. The molecule has 2 aromatic heterocycles. The van der Waals surface area contributed by atoms with Crippen molar-refractivity contribution in [2.75, 3.05) is 18.0 Å². The van der Waals surface area contributed by atoms with Crippen molar-refractivity contribution in [3.8, 4) is 17.0 Å². The summed E-state index contributed by atoms with van der Waals surface area (Å²) in [6, 6.07) is 18.2. The van der Waals surface area contributed by atoms with E-state index in [1.807, 2.05) is 6.07 Å². The highest BCUT2D eigenvalue weighted by atomic mass is 19.3. The summed E-state index contributed by atoms with van der Waals surface area (Å²) in [4.78, 5) is 5.89. The normalized spacial score (nSPS) is 18.3. The molecule has 0 radical (unpaired) electrons. The molecule has 3 aromatic carbocycles. The Labute approximate surface area is 209 Å². The molecule has 5 aromatic rings. The molecular weight excluding hydrogens is 486 g/mol. The fourth-order valence-electron chi connectivity index (χ4n) is 4.98. The maximum absolute atomic E-state index is 15.3. The Balaban J connectivity index is 1.22. The van der Waals surface area contributed by atoms with E-state index in [1.165, 1.54) is 12.1 Å². The fraction of sp³-hybridized carbons (Fsp3) is 0.259. The first-order valence-electron chi connectivity index (χ1n) is 11.9. The number of ether oxygens (including phenoxy) is 1. The van der Waals surface area contributed by atoms with E-state index in [2.05, 4.69) is 10.1 Å². The smallest absolute Gasteiger partial charge is 0.321 e. The highest BCUT2D eigenvalue weighted by Crippen LogP contribution is 2.34. The van der Waals surface area contributed by atoms with Crippen molar-refractivity contribution in [1.29, 1.82) is 0 Å². The van der Waals surface area contributed by atoms with Crippen molar-refractivity contribution < 1.29 is 22.3 Å². The molecule has 0 aliphatic carbocycles. The van der Waals surface area contributed by atoms with Gasteiger partial charge in [0.25, 0.3) is 0 Å². The van der Waals surface area contributed by atoms with E-state index >= 15 is 4.39 Å². The zero-order chi connectivity index (χ0) is 25.7. The van der Waals surface area contributed by atoms with Crippen LogP contribution >= 0.6 is 0 Å². The highest BCUT2D eigenvalue weighted by Gasteiger charge is 2.34. The zero-order valence-electron chi connectivity index (χ0n) is 19.9. The molecular formula is C27H23F4N5O. The third-order valence-corrected chi connectivity index (χ3v) is 6.75. The van der Waals surface area contributed by atoms with Crippen molar-refractivity contribution in [3.63, 3.8) is 0 Å². The Kier molecular flexibility index (Phi) is 5.73. The predicted octanol–water partition coefficient (Wildman–Crippen LogP) is 6.12. The minimum Gasteiger partial charge on any atom is -0.487 e. The number of hydrogen-bond donors (Lipinski definition) is 0. The molecule has 2 atom stereocenters. The van der Waals surface area contributed by atoms with E-state index in [1.54, 1.807) is 65.2 Å². The van der Waals surface area contributed by atoms with Crippen LogP contribution in [0, 0.1) is 5.82 Å². The summed E-state index contributed by atoms with van der Waals surface area (Å²) in [5, 5.41) is 5.35. The number of aryl methyl sites for hydroxylation is 1. The Bertz CT molecular complexity index is 1600. The van der Waals surface area contributed by atoms with E-state index in [4.69, 9.17) is 4.74 Å². The van der Waals surface area contributed by atoms with Crippen LogP contribution in [-0.4, -0.2) is 44.7 Å². The molecule has 0 spiro atoms. The van der Waals surface area contributed by atoms with Crippen LogP contribution in [0.1, 0.15) is 13.0 Å². The highest BCUT2D eigenvalue weighted by molar-refractivity contribution is 5.94. The van der Waals surface area contributed by atoms with Gasteiger partial charge in [-0.1, -0.05) is 24.3 Å². The van der Waals surface area contributed by atoms with E-state index in [0.717, 1.165) is 15.5 Å². The van der Waals surface area contributed by atoms with E-state index in [-0.39, 0.29) is 18.3 Å². The second-order valence-electron chi connectivity index (χ2n) is 9.12. The van der Waals surface area contributed by atoms with Crippen LogP contribution in [0.25, 0.3) is 33.2 Å². The van der Waals surface area contributed by atoms with Gasteiger partial charge in [0.2, 0.25) is 5.95 Å². The molecule has 1 aliphatic heterocycles. The van der Waals surface area contributed by atoms with Crippen LogP contribution in [0.4, 0.5) is 23.5 Å². The van der Waals surface area contributed by atoms with Crippen LogP contribution in [0.3, 0.4) is 0 Å². The predicted molar refractivity (Wildman–Crippen MR) is 133 cm³/mol. The van der Waals surface area contributed by atoms with E-state index in [0.29, 0.717) is 41.0 Å². The molecule has 0 unspecified atom stereocenters. The number of para-hydroxylation sites is 2. The molecule has 0 N–H and O–H groups in total. The topological polar surface area (TPSA) is 48.1 Å². The van der Waals surface area contributed by atoms with Crippen LogP contribution in [0.2, 0.25) is 0 Å². The van der Waals surface area contributed by atoms with Crippen molar-refractivity contribution >= 4 is 27.9 Å². The zero-order valence-corrected chi connectivity index (χ0v) is 19.9. The molecule has 3 heterocycles. The summed E-state index contributed by atoms with van der Waals surface area (Å²) in [6.07, 6.45) is -1.86. The lowest BCUT2D eigenvalue weighted by Crippen LogP contribution is -2.48. The molecule has 6 nitrogen and oxygen atoms in total. The van der Waals surface area contributed by atoms with Crippen LogP contribution in [0.5, 0.6) is 5.75 Å². The number of alkyl halides is 3. The average Bonchev–Trinajstić information content (AvgIpc) is 3.43. The third-order valence-electron chi connectivity index (χ3n) is 6.75. The lowest BCUT2D eigenvalue weighted by atomic mass is 10.1. The molecule has 6 rings (SSSR count). The molecule has 190 valence electrons. The number of rotatable bonds is 5. The Morgan fingerprint density at radius 2 is 1.84 bits per heavy atom. The van der Waals surface area contributed by atoms with Gasteiger partial charge in [0.05, 0.1) is 23.1 Å². The number of aromatic nitrogens is 4. The summed E-state index contributed by atoms with van der Waals surface area (Å²) < 4.78 is 65.2. The second kappa shape index (κ2) is 9.10. The van der Waals surface area contributed by atoms with Crippen LogP contribution < -0.4 is 9.64 Å². The number of piperidine rings is 1. The largest absolute Gasteiger partial charge is 0.487 e. The monoisotopic (exact) mass is 509 g/mol. The van der Waals surface area contributed by atoms with Crippen molar-refractivity contribution in [3.05, 3.63) is 72.5 Å². The van der Waals surface area contributed by atoms with Crippen molar-refractivity contribution in [2.45, 2.75) is 25.2 Å². The average molecular weight is 510 g/mol. The van der Waals surface area contributed by atoms with Crippen molar-refractivity contribution in [2.24, 2.45) is 7.05 Å². The van der Waals surface area contributed by atoms with Gasteiger partial charge >= 0.3 is 6.55 Å². The molecule has 10 heteroatoms. The van der Waals surface area contributed by atoms with Crippen LogP contribution in [0.15, 0.2) is 66.7 Å². The van der Waals surface area contributed by atoms with Gasteiger partial charge in [-0.05, 0) is 36.4 Å². The molecule has 1 aliphatic rings. The van der Waals surface area contributed by atoms with Gasteiger partial charge in [-0.15, -0.1) is 0 Å². The van der Waals surface area contributed by atoms with Gasteiger partial charge in [-0.3, -0.25) is 9.25 Å². The summed E-state index contributed by atoms with van der Waals surface area (Å²) in [6.45, 7) is -2.59. The Morgan fingerprint density at radius 1 is 1.00 bits per heavy atom. The molecule has 37 heavy (non-hydrogen) atoms. The quantitative estimate of drug-likeness (QED) is 0.268. The third kappa shape index (κ3) is 4.16. The number of benzene rings is 3. The minimum absolute atomic E-state index is 0.0542. The van der Waals surface area contributed by atoms with Gasteiger partial charge < -0.3 is 9.64 Å². The molecule has 1 saturated heterocycles. The SMILES string of the molecule is Cn1nc(-c2cccc(F)c2)c2ccc(O[C@H]3CCN(c4nc5ccccc5n4C(F)F)C[C@@H]3F)cc21. The van der Waals surface area contributed by atoms with Gasteiger partial charge in [0.15, 0.2) is 6.17 Å². The van der Waals surface area contributed by atoms with Gasteiger partial charge in [0, 0.05) is 37.0 Å². The van der Waals surface area contributed by atoms with Crippen LogP contribution in [-0.2, 0) is 7.05 Å². The number of fused-ring (bicyclic) bond motifs is 2. The van der Waals surface area contributed by atoms with Gasteiger partial charge in [-0.2, -0.15) is 13.9 Å². The standard InChI is InChI=1S/C27H23F4N5O/c1-34-23-14-18(9-10-19(23)25(33-34)16-5-4-6-17(28)13-16)37-24-11-12-35(15-20(24)29)27-32-21-7-2-3-8-22(21)36(27)26(30)31/h2-10,13-14,20,24,26H,11-12,15H2,1H3/t20-,24-/m0/s1. The van der Waals surface area contributed by atoms with Gasteiger partial charge in [0.1, 0.15) is 23.4 Å². The van der Waals surface area contributed by atoms with E-state index < -0.39 is 18.8 Å². The second-order valence-corrected chi connectivity index (χ2v) is 9.12. The first kappa shape index (κ1) is 23.3. The lowest BCUT2D eigenvalue weighted by Gasteiger charge is -2.35. The number of halogens is 4. The number of imidazole rings is 1. The number of hydrogen-bond acceptors (Lipinski definition) is 4. The maximum atomic E-state index is 15.3. The first-order chi connectivity index (χ1) is 17.9. The lowest BCUT2D eigenvalue weighted by molar-refractivity contribution is 0.0690. The number of anilines is 1. The summed E-state index contributed by atoms with van der Waals surface area (Å²) in [5.41, 5.74) is 2.81. The summed E-state index contributed by atoms with van der Waals surface area (Å²) >= 11 is 0. The fourth-order valence-corrected chi connectivity index (χ4v) is 4.98. The van der Waals surface area contributed by atoms with E-state index in [9.17, 15) is 13.2 Å². The summed E-state index contributed by atoms with van der Waals surface area (Å²) in [7, 11) is 1.78. The minimum atomic E-state index is -2.79. The molecule has 0 bridgehead atoms. The van der Waals surface area contributed by atoms with Gasteiger partial charge in [-0.25, -0.2) is 13.8 Å². The Morgan fingerprint density at radius 3 is 2.62 bits per heavy atom. The molecule has 0 saturated carbocycles. The molecule has 0 amide bonds. The Hall–Kier alpha value is -4.08. The maximum Gasteiger partial charge on any atom is 0.321 e. The van der Waals surface area contributed by atoms with Crippen molar-refractivity contribution in [1.82, 2.24) is 19.3 Å². The number of nitrogens with zero attached hydrogens (tertiary/aromatic N) is 5. The molecule has 1 fully saturated rings.